The van der Waals surface area contributed by atoms with E-state index in [1.807, 2.05) is 30.5 Å². The Bertz CT molecular complexity index is 1160. The van der Waals surface area contributed by atoms with E-state index in [0.29, 0.717) is 11.5 Å². The molecule has 8 N–H and O–H groups in total. The van der Waals surface area contributed by atoms with Gasteiger partial charge in [-0.15, -0.1) is 0 Å². The second-order valence-corrected chi connectivity index (χ2v) is 10.8. The standard InChI is InChI=1S/C25H35N5O7S2/c1-38-9-7-18(23(34)29-19(25(36)37)8-10-39-2)28-24(35)20(12-21(31)32)30-22(33)16(26)11-14-13-27-17-6-4-3-5-15(14)17/h3-6,13,16,18-20,27H,7-12,26H2,1-2H3,(H,28,35)(H,29,34)(H,30,33)(H,31,32)(H,36,37). The Hall–Kier alpha value is -3.23. The Morgan fingerprint density at radius 1 is 0.872 bits per heavy atom. The lowest BCUT2D eigenvalue weighted by Gasteiger charge is -2.24. The SMILES string of the molecule is CSCCC(NC(=O)C(CCSC)NC(=O)C(CC(=O)O)NC(=O)C(N)Cc1c[nH]c2ccccc12)C(=O)O. The number of rotatable bonds is 17. The molecule has 0 aliphatic rings. The molecule has 214 valence electrons. The minimum atomic E-state index is -1.50. The number of H-pyrrole nitrogens is 1. The molecule has 3 amide bonds. The third-order valence-corrected chi connectivity index (χ3v) is 7.22. The Morgan fingerprint density at radius 3 is 2.05 bits per heavy atom. The zero-order valence-electron chi connectivity index (χ0n) is 21.8. The number of aromatic amines is 1. The van der Waals surface area contributed by atoms with Crippen molar-refractivity contribution in [3.8, 4) is 0 Å². The summed E-state index contributed by atoms with van der Waals surface area (Å²) in [6, 6.07) is 2.62. The molecule has 0 saturated carbocycles. The number of hydrogen-bond acceptors (Lipinski definition) is 8. The van der Waals surface area contributed by atoms with E-state index in [9.17, 15) is 34.2 Å². The van der Waals surface area contributed by atoms with Crippen molar-refractivity contribution in [3.63, 3.8) is 0 Å². The first-order valence-electron chi connectivity index (χ1n) is 12.2. The summed E-state index contributed by atoms with van der Waals surface area (Å²) < 4.78 is 0. The highest BCUT2D eigenvalue weighted by Crippen LogP contribution is 2.19. The first-order valence-corrected chi connectivity index (χ1v) is 15.0. The van der Waals surface area contributed by atoms with E-state index in [0.717, 1.165) is 16.5 Å². The van der Waals surface area contributed by atoms with Crippen molar-refractivity contribution < 1.29 is 34.2 Å². The van der Waals surface area contributed by atoms with Gasteiger partial charge in [-0.25, -0.2) is 4.79 Å². The molecule has 1 aromatic heterocycles. The van der Waals surface area contributed by atoms with Crippen LogP contribution in [0.15, 0.2) is 30.5 Å². The van der Waals surface area contributed by atoms with Crippen LogP contribution in [0.2, 0.25) is 0 Å². The predicted octanol–water partition coefficient (Wildman–Crippen LogP) is 0.558. The van der Waals surface area contributed by atoms with Crippen molar-refractivity contribution in [2.24, 2.45) is 5.73 Å². The fourth-order valence-electron chi connectivity index (χ4n) is 3.83. The van der Waals surface area contributed by atoms with Gasteiger partial charge >= 0.3 is 11.9 Å². The molecular formula is C25H35N5O7S2. The number of hydrogen-bond donors (Lipinski definition) is 7. The van der Waals surface area contributed by atoms with Gasteiger partial charge in [-0.2, -0.15) is 23.5 Å². The zero-order valence-corrected chi connectivity index (χ0v) is 23.4. The smallest absolute Gasteiger partial charge is 0.326 e. The van der Waals surface area contributed by atoms with Crippen LogP contribution < -0.4 is 21.7 Å². The number of aromatic nitrogens is 1. The molecule has 2 aromatic rings. The van der Waals surface area contributed by atoms with Crippen LogP contribution in [0.4, 0.5) is 0 Å². The van der Waals surface area contributed by atoms with Gasteiger partial charge < -0.3 is 36.9 Å². The maximum atomic E-state index is 13.1. The number of carbonyl (C=O) groups is 5. The number of carboxylic acids is 2. The van der Waals surface area contributed by atoms with Crippen molar-refractivity contribution in [1.82, 2.24) is 20.9 Å². The van der Waals surface area contributed by atoms with E-state index in [4.69, 9.17) is 5.73 Å². The van der Waals surface area contributed by atoms with Gasteiger partial charge in [0.2, 0.25) is 17.7 Å². The summed E-state index contributed by atoms with van der Waals surface area (Å²) in [5.41, 5.74) is 7.75. The van der Waals surface area contributed by atoms with Gasteiger partial charge in [0, 0.05) is 17.1 Å². The molecule has 0 radical (unpaired) electrons. The van der Waals surface area contributed by atoms with Crippen molar-refractivity contribution in [1.29, 1.82) is 0 Å². The van der Waals surface area contributed by atoms with Gasteiger partial charge in [-0.05, 0) is 54.9 Å². The largest absolute Gasteiger partial charge is 0.481 e. The number of amides is 3. The molecule has 2 rings (SSSR count). The Kier molecular flexibility index (Phi) is 13.1. The molecular weight excluding hydrogens is 546 g/mol. The first-order chi connectivity index (χ1) is 18.6. The van der Waals surface area contributed by atoms with Crippen LogP contribution in [-0.2, 0) is 30.4 Å². The average molecular weight is 582 g/mol. The van der Waals surface area contributed by atoms with Crippen molar-refractivity contribution in [2.75, 3.05) is 24.0 Å². The fourth-order valence-corrected chi connectivity index (χ4v) is 4.78. The third-order valence-electron chi connectivity index (χ3n) is 5.93. The molecule has 39 heavy (non-hydrogen) atoms. The molecule has 0 spiro atoms. The first kappa shape index (κ1) is 32.0. The quantitative estimate of drug-likeness (QED) is 0.138. The molecule has 0 aliphatic carbocycles. The number of nitrogens with two attached hydrogens (primary N) is 1. The molecule has 4 unspecified atom stereocenters. The van der Waals surface area contributed by atoms with Crippen LogP contribution >= 0.6 is 23.5 Å². The summed E-state index contributed by atoms with van der Waals surface area (Å²) in [6.45, 7) is 0. The summed E-state index contributed by atoms with van der Waals surface area (Å²) in [7, 11) is 0. The third kappa shape index (κ3) is 10.1. The van der Waals surface area contributed by atoms with Crippen LogP contribution in [0.5, 0.6) is 0 Å². The van der Waals surface area contributed by atoms with E-state index in [1.54, 1.807) is 12.5 Å². The number of carboxylic acid groups (broad SMARTS) is 2. The zero-order chi connectivity index (χ0) is 28.9. The summed E-state index contributed by atoms with van der Waals surface area (Å²) >= 11 is 2.85. The van der Waals surface area contributed by atoms with Gasteiger partial charge in [0.05, 0.1) is 12.5 Å². The van der Waals surface area contributed by atoms with Crippen LogP contribution in [0.25, 0.3) is 10.9 Å². The van der Waals surface area contributed by atoms with Crippen LogP contribution in [0.3, 0.4) is 0 Å². The van der Waals surface area contributed by atoms with Gasteiger partial charge in [-0.3, -0.25) is 19.2 Å². The molecule has 0 bridgehead atoms. The lowest BCUT2D eigenvalue weighted by atomic mass is 10.0. The van der Waals surface area contributed by atoms with E-state index in [2.05, 4.69) is 20.9 Å². The van der Waals surface area contributed by atoms with E-state index in [1.165, 1.54) is 23.5 Å². The lowest BCUT2D eigenvalue weighted by Crippen LogP contribution is -2.57. The van der Waals surface area contributed by atoms with Crippen molar-refractivity contribution >= 4 is 64.1 Å². The number of benzene rings is 1. The molecule has 12 nitrogen and oxygen atoms in total. The number of aliphatic carboxylic acids is 2. The second kappa shape index (κ2) is 16.0. The molecule has 0 saturated heterocycles. The van der Waals surface area contributed by atoms with Crippen molar-refractivity contribution in [3.05, 3.63) is 36.0 Å². The van der Waals surface area contributed by atoms with E-state index >= 15 is 0 Å². The highest BCUT2D eigenvalue weighted by molar-refractivity contribution is 7.98. The summed E-state index contributed by atoms with van der Waals surface area (Å²) in [5, 5.41) is 27.0. The van der Waals surface area contributed by atoms with Crippen molar-refractivity contribution in [2.45, 2.75) is 49.9 Å². The number of fused-ring (bicyclic) bond motifs is 1. The average Bonchev–Trinajstić information content (AvgIpc) is 3.30. The maximum absolute atomic E-state index is 13.1. The minimum absolute atomic E-state index is 0.142. The molecule has 1 heterocycles. The Balaban J connectivity index is 2.11. The predicted molar refractivity (Wildman–Crippen MR) is 152 cm³/mol. The Labute approximate surface area is 234 Å². The van der Waals surface area contributed by atoms with E-state index in [-0.39, 0.29) is 19.3 Å². The molecule has 14 heteroatoms. The highest BCUT2D eigenvalue weighted by Gasteiger charge is 2.31. The summed E-state index contributed by atoms with van der Waals surface area (Å²) in [5.74, 6) is -3.89. The molecule has 1 aromatic carbocycles. The maximum Gasteiger partial charge on any atom is 0.326 e. The summed E-state index contributed by atoms with van der Waals surface area (Å²) in [6.07, 6.45) is 5.11. The van der Waals surface area contributed by atoms with Crippen LogP contribution in [-0.4, -0.2) is 93.0 Å². The number of carbonyl (C=O) groups excluding carboxylic acids is 3. The van der Waals surface area contributed by atoms with Gasteiger partial charge in [0.25, 0.3) is 0 Å². The second-order valence-electron chi connectivity index (χ2n) is 8.85. The Morgan fingerprint density at radius 2 is 1.44 bits per heavy atom. The fraction of sp³-hybridized carbons (Fsp3) is 0.480. The van der Waals surface area contributed by atoms with Gasteiger partial charge in [0.15, 0.2) is 0 Å². The number of thioether (sulfide) groups is 2. The van der Waals surface area contributed by atoms with E-state index < -0.39 is 60.2 Å². The highest BCUT2D eigenvalue weighted by atomic mass is 32.2. The van der Waals surface area contributed by atoms with Gasteiger partial charge in [-0.1, -0.05) is 18.2 Å². The molecule has 4 atom stereocenters. The molecule has 0 aliphatic heterocycles. The lowest BCUT2D eigenvalue weighted by molar-refractivity contribution is -0.143. The normalized spacial score (nSPS) is 14.1. The molecule has 0 fully saturated rings. The van der Waals surface area contributed by atoms with Gasteiger partial charge in [0.1, 0.15) is 18.1 Å². The topological polar surface area (TPSA) is 204 Å². The number of para-hydroxylation sites is 1. The minimum Gasteiger partial charge on any atom is -0.481 e. The monoisotopic (exact) mass is 581 g/mol. The van der Waals surface area contributed by atoms with Crippen LogP contribution in [0, 0.1) is 0 Å². The van der Waals surface area contributed by atoms with Crippen LogP contribution in [0.1, 0.15) is 24.8 Å². The summed E-state index contributed by atoms with van der Waals surface area (Å²) in [4.78, 5) is 64.9. The number of nitrogens with one attached hydrogen (secondary N) is 4.